The van der Waals surface area contributed by atoms with Gasteiger partial charge in [-0.25, -0.2) is 4.99 Å². The van der Waals surface area contributed by atoms with Gasteiger partial charge < -0.3 is 14.7 Å². The maximum absolute atomic E-state index is 5.18. The Kier molecular flexibility index (Phi) is 5.30. The Morgan fingerprint density at radius 2 is 1.50 bits per heavy atom. The van der Waals surface area contributed by atoms with Gasteiger partial charge in [-0.2, -0.15) is 0 Å². The minimum absolute atomic E-state index is 0.0655. The van der Waals surface area contributed by atoms with Crippen molar-refractivity contribution in [2.45, 2.75) is 52.0 Å². The van der Waals surface area contributed by atoms with Crippen molar-refractivity contribution in [1.29, 1.82) is 0 Å². The smallest absolute Gasteiger partial charge is 0.197 e. The highest BCUT2D eigenvalue weighted by molar-refractivity contribution is 5.81. The van der Waals surface area contributed by atoms with Gasteiger partial charge >= 0.3 is 0 Å². The maximum atomic E-state index is 5.18. The van der Waals surface area contributed by atoms with Gasteiger partial charge in [0.2, 0.25) is 0 Å². The van der Waals surface area contributed by atoms with Crippen LogP contribution in [0.15, 0.2) is 4.99 Å². The van der Waals surface area contributed by atoms with Crippen LogP contribution in [0.5, 0.6) is 0 Å². The normalized spacial score (nSPS) is 22.7. The van der Waals surface area contributed by atoms with E-state index in [1.165, 1.54) is 38.3 Å². The van der Waals surface area contributed by atoms with Crippen molar-refractivity contribution in [2.75, 3.05) is 46.3 Å². The fourth-order valence-electron chi connectivity index (χ4n) is 3.20. The van der Waals surface area contributed by atoms with E-state index >= 15 is 0 Å². The summed E-state index contributed by atoms with van der Waals surface area (Å²) in [6.07, 6.45) is 5.01. The Morgan fingerprint density at radius 3 is 2.05 bits per heavy atom. The van der Waals surface area contributed by atoms with Crippen molar-refractivity contribution in [2.24, 2.45) is 4.99 Å². The molecule has 20 heavy (non-hydrogen) atoms. The standard InChI is InChI=1S/C16H32N4/c1-5-8-16(2,3)17-15(19-9-6-7-10-19)20-13-11-18(4)12-14-20/h5-14H2,1-4H3. The highest BCUT2D eigenvalue weighted by Gasteiger charge is 2.27. The summed E-state index contributed by atoms with van der Waals surface area (Å²) in [5, 5.41) is 0. The summed E-state index contributed by atoms with van der Waals surface area (Å²) in [7, 11) is 2.21. The third-order valence-electron chi connectivity index (χ3n) is 4.44. The second kappa shape index (κ2) is 6.79. The Morgan fingerprint density at radius 1 is 0.950 bits per heavy atom. The maximum Gasteiger partial charge on any atom is 0.197 e. The quantitative estimate of drug-likeness (QED) is 0.585. The lowest BCUT2D eigenvalue weighted by atomic mass is 10.0. The van der Waals surface area contributed by atoms with Crippen LogP contribution in [0.2, 0.25) is 0 Å². The molecule has 0 saturated carbocycles. The van der Waals surface area contributed by atoms with Crippen molar-refractivity contribution in [1.82, 2.24) is 14.7 Å². The molecule has 0 aromatic rings. The van der Waals surface area contributed by atoms with Crippen LogP contribution in [0, 0.1) is 0 Å². The number of rotatable bonds is 3. The zero-order valence-electron chi connectivity index (χ0n) is 13.9. The van der Waals surface area contributed by atoms with Crippen molar-refractivity contribution in [3.63, 3.8) is 0 Å². The molecule has 4 nitrogen and oxygen atoms in total. The van der Waals surface area contributed by atoms with Gasteiger partial charge in [-0.05, 0) is 40.2 Å². The minimum atomic E-state index is 0.0655. The molecule has 0 N–H and O–H groups in total. The topological polar surface area (TPSA) is 22.1 Å². The summed E-state index contributed by atoms with van der Waals surface area (Å²) in [4.78, 5) is 12.6. The summed E-state index contributed by atoms with van der Waals surface area (Å²) >= 11 is 0. The number of hydrogen-bond acceptors (Lipinski definition) is 2. The van der Waals surface area contributed by atoms with E-state index in [1.807, 2.05) is 0 Å². The fourth-order valence-corrected chi connectivity index (χ4v) is 3.20. The van der Waals surface area contributed by atoms with Crippen LogP contribution in [0.4, 0.5) is 0 Å². The lowest BCUT2D eigenvalue weighted by Crippen LogP contribution is -2.52. The van der Waals surface area contributed by atoms with E-state index in [2.05, 4.69) is 42.5 Å². The van der Waals surface area contributed by atoms with Gasteiger partial charge in [0.05, 0.1) is 5.54 Å². The summed E-state index contributed by atoms with van der Waals surface area (Å²) in [6.45, 7) is 13.7. The Bertz CT molecular complexity index is 323. The lowest BCUT2D eigenvalue weighted by Gasteiger charge is -2.39. The number of likely N-dealkylation sites (N-methyl/N-ethyl adjacent to an activating group) is 1. The van der Waals surface area contributed by atoms with E-state index in [1.54, 1.807) is 0 Å². The molecule has 0 aliphatic carbocycles. The average molecular weight is 280 g/mol. The highest BCUT2D eigenvalue weighted by Crippen LogP contribution is 2.20. The summed E-state index contributed by atoms with van der Waals surface area (Å²) in [5.41, 5.74) is 0.0655. The molecule has 0 unspecified atom stereocenters. The molecule has 0 bridgehead atoms. The molecule has 2 heterocycles. The second-order valence-electron chi connectivity index (χ2n) is 6.96. The van der Waals surface area contributed by atoms with Crippen LogP contribution in [0.25, 0.3) is 0 Å². The van der Waals surface area contributed by atoms with E-state index in [0.29, 0.717) is 0 Å². The zero-order chi connectivity index (χ0) is 14.6. The molecule has 0 aromatic heterocycles. The molecule has 0 aromatic carbocycles. The highest BCUT2D eigenvalue weighted by atomic mass is 15.4. The van der Waals surface area contributed by atoms with Gasteiger partial charge in [0.15, 0.2) is 5.96 Å². The van der Waals surface area contributed by atoms with Crippen LogP contribution < -0.4 is 0 Å². The number of guanidine groups is 1. The molecule has 2 aliphatic heterocycles. The third-order valence-corrected chi connectivity index (χ3v) is 4.44. The van der Waals surface area contributed by atoms with Gasteiger partial charge in [-0.3, -0.25) is 0 Å². The predicted molar refractivity (Wildman–Crippen MR) is 86.3 cm³/mol. The molecular formula is C16H32N4. The summed E-state index contributed by atoms with van der Waals surface area (Å²) in [6, 6.07) is 0. The molecule has 0 amide bonds. The molecule has 0 radical (unpaired) electrons. The lowest BCUT2D eigenvalue weighted by molar-refractivity contribution is 0.197. The van der Waals surface area contributed by atoms with Crippen molar-refractivity contribution in [3.05, 3.63) is 0 Å². The van der Waals surface area contributed by atoms with Gasteiger partial charge in [-0.1, -0.05) is 13.3 Å². The number of aliphatic imine (C=N–C) groups is 1. The van der Waals surface area contributed by atoms with Crippen molar-refractivity contribution in [3.8, 4) is 0 Å². The first-order valence-corrected chi connectivity index (χ1v) is 8.30. The molecule has 116 valence electrons. The van der Waals surface area contributed by atoms with E-state index < -0.39 is 0 Å². The molecule has 0 atom stereocenters. The summed E-state index contributed by atoms with van der Waals surface area (Å²) in [5.74, 6) is 1.27. The third kappa shape index (κ3) is 4.11. The molecule has 0 spiro atoms. The fraction of sp³-hybridized carbons (Fsp3) is 0.938. The first kappa shape index (κ1) is 15.6. The van der Waals surface area contributed by atoms with Gasteiger partial charge in [-0.15, -0.1) is 0 Å². The second-order valence-corrected chi connectivity index (χ2v) is 6.96. The number of nitrogens with zero attached hydrogens (tertiary/aromatic N) is 4. The minimum Gasteiger partial charge on any atom is -0.343 e. The SMILES string of the molecule is CCCC(C)(C)N=C(N1CCCC1)N1CCN(C)CC1. The molecule has 4 heteroatoms. The molecule has 2 rings (SSSR count). The molecule has 2 saturated heterocycles. The van der Waals surface area contributed by atoms with Gasteiger partial charge in [0.25, 0.3) is 0 Å². The van der Waals surface area contributed by atoms with E-state index in [4.69, 9.17) is 4.99 Å². The van der Waals surface area contributed by atoms with E-state index in [0.717, 1.165) is 32.6 Å². The number of likely N-dealkylation sites (tertiary alicyclic amines) is 1. The largest absolute Gasteiger partial charge is 0.343 e. The molecule has 2 fully saturated rings. The Labute approximate surface area is 124 Å². The van der Waals surface area contributed by atoms with Crippen LogP contribution in [-0.4, -0.2) is 72.5 Å². The first-order valence-electron chi connectivity index (χ1n) is 8.30. The summed E-state index contributed by atoms with van der Waals surface area (Å²) < 4.78 is 0. The van der Waals surface area contributed by atoms with Crippen molar-refractivity contribution >= 4 is 5.96 Å². The van der Waals surface area contributed by atoms with Crippen LogP contribution in [0.1, 0.15) is 46.5 Å². The Balaban J connectivity index is 2.13. The number of piperazine rings is 1. The predicted octanol–water partition coefficient (Wildman–Crippen LogP) is 2.26. The van der Waals surface area contributed by atoms with Gasteiger partial charge in [0, 0.05) is 39.3 Å². The van der Waals surface area contributed by atoms with Crippen LogP contribution >= 0.6 is 0 Å². The molecular weight excluding hydrogens is 248 g/mol. The monoisotopic (exact) mass is 280 g/mol. The van der Waals surface area contributed by atoms with E-state index in [-0.39, 0.29) is 5.54 Å². The average Bonchev–Trinajstić information content (AvgIpc) is 2.91. The Hall–Kier alpha value is -0.770. The molecule has 2 aliphatic rings. The van der Waals surface area contributed by atoms with Crippen LogP contribution in [-0.2, 0) is 0 Å². The van der Waals surface area contributed by atoms with Gasteiger partial charge in [0.1, 0.15) is 0 Å². The van der Waals surface area contributed by atoms with Crippen molar-refractivity contribution < 1.29 is 0 Å². The number of hydrogen-bond donors (Lipinski definition) is 0. The van der Waals surface area contributed by atoms with E-state index in [9.17, 15) is 0 Å². The first-order chi connectivity index (χ1) is 9.52. The van der Waals surface area contributed by atoms with Crippen LogP contribution in [0.3, 0.4) is 0 Å². The zero-order valence-corrected chi connectivity index (χ0v) is 13.9.